The first-order valence-electron chi connectivity index (χ1n) is 5.54. The summed E-state index contributed by atoms with van der Waals surface area (Å²) in [5, 5.41) is 4.23. The molecule has 1 aliphatic rings. The number of hydrogen-bond acceptors (Lipinski definition) is 4. The number of aryl methyl sites for hydroxylation is 1. The van der Waals surface area contributed by atoms with Crippen molar-refractivity contribution in [2.45, 2.75) is 13.3 Å². The van der Waals surface area contributed by atoms with Crippen molar-refractivity contribution in [3.63, 3.8) is 0 Å². The number of hydrogen-bond donors (Lipinski definition) is 1. The van der Waals surface area contributed by atoms with Crippen LogP contribution >= 0.6 is 23.7 Å². The largest absolute Gasteiger partial charge is 0.345 e. The third-order valence-electron chi connectivity index (χ3n) is 2.84. The van der Waals surface area contributed by atoms with Gasteiger partial charge < -0.3 is 10.2 Å². The lowest BCUT2D eigenvalue weighted by Crippen LogP contribution is -2.51. The van der Waals surface area contributed by atoms with E-state index in [1.807, 2.05) is 18.1 Å². The summed E-state index contributed by atoms with van der Waals surface area (Å²) >= 11 is 1.71. The van der Waals surface area contributed by atoms with E-state index in [0.717, 1.165) is 31.1 Å². The Hall–Kier alpha value is -0.650. The predicted molar refractivity (Wildman–Crippen MR) is 71.8 cm³/mol. The number of nitrogens with zero attached hydrogens (tertiary/aromatic N) is 2. The van der Waals surface area contributed by atoms with E-state index in [0.29, 0.717) is 0 Å². The van der Waals surface area contributed by atoms with Crippen LogP contribution in [-0.2, 0) is 11.2 Å². The van der Waals surface area contributed by atoms with Crippen LogP contribution in [0.15, 0.2) is 6.20 Å². The van der Waals surface area contributed by atoms with Gasteiger partial charge in [0.1, 0.15) is 0 Å². The smallest absolute Gasteiger partial charge is 0.228 e. The molecular formula is C11H18ClN3OS. The van der Waals surface area contributed by atoms with E-state index in [4.69, 9.17) is 0 Å². The third-order valence-corrected chi connectivity index (χ3v) is 3.81. The van der Waals surface area contributed by atoms with Crippen LogP contribution in [0.25, 0.3) is 0 Å². The minimum absolute atomic E-state index is 0. The van der Waals surface area contributed by atoms with E-state index >= 15 is 0 Å². The van der Waals surface area contributed by atoms with E-state index in [1.165, 1.54) is 4.88 Å². The van der Waals surface area contributed by atoms with Gasteiger partial charge in [-0.2, -0.15) is 0 Å². The molecule has 1 amide bonds. The van der Waals surface area contributed by atoms with Gasteiger partial charge in [-0.1, -0.05) is 0 Å². The van der Waals surface area contributed by atoms with Gasteiger partial charge in [0.15, 0.2) is 0 Å². The van der Waals surface area contributed by atoms with Crippen molar-refractivity contribution in [2.75, 3.05) is 26.7 Å². The Morgan fingerprint density at radius 3 is 2.82 bits per heavy atom. The van der Waals surface area contributed by atoms with Gasteiger partial charge in [0, 0.05) is 44.2 Å². The second-order valence-electron chi connectivity index (χ2n) is 4.23. The molecule has 0 unspecified atom stereocenters. The molecule has 0 spiro atoms. The fourth-order valence-electron chi connectivity index (χ4n) is 1.67. The van der Waals surface area contributed by atoms with E-state index in [2.05, 4.69) is 17.2 Å². The zero-order valence-corrected chi connectivity index (χ0v) is 11.7. The molecule has 1 aromatic heterocycles. The van der Waals surface area contributed by atoms with Gasteiger partial charge in [-0.05, 0) is 6.92 Å². The van der Waals surface area contributed by atoms with E-state index in [-0.39, 0.29) is 24.2 Å². The summed E-state index contributed by atoms with van der Waals surface area (Å²) in [4.78, 5) is 19.2. The number of thiazole rings is 1. The highest BCUT2D eigenvalue weighted by molar-refractivity contribution is 7.11. The molecule has 1 aliphatic heterocycles. The number of halogens is 1. The lowest BCUT2D eigenvalue weighted by atomic mass is 10.0. The van der Waals surface area contributed by atoms with Crippen LogP contribution in [0.5, 0.6) is 0 Å². The lowest BCUT2D eigenvalue weighted by Gasteiger charge is -2.30. The van der Waals surface area contributed by atoms with Crippen LogP contribution in [0.3, 0.4) is 0 Å². The first-order chi connectivity index (χ1) is 7.66. The second-order valence-corrected chi connectivity index (χ2v) is 5.55. The lowest BCUT2D eigenvalue weighted by molar-refractivity contribution is -0.135. The summed E-state index contributed by atoms with van der Waals surface area (Å²) in [7, 11) is 1.88. The topological polar surface area (TPSA) is 45.2 Å². The highest BCUT2D eigenvalue weighted by atomic mass is 35.5. The van der Waals surface area contributed by atoms with Crippen molar-refractivity contribution in [3.05, 3.63) is 16.1 Å². The molecule has 0 bridgehead atoms. The average Bonchev–Trinajstić information content (AvgIpc) is 2.58. The summed E-state index contributed by atoms with van der Waals surface area (Å²) in [5.74, 6) is 0.454. The summed E-state index contributed by atoms with van der Waals surface area (Å²) in [6.45, 7) is 4.48. The zero-order valence-electron chi connectivity index (χ0n) is 10.1. The molecule has 96 valence electrons. The first kappa shape index (κ1) is 14.4. The van der Waals surface area contributed by atoms with Gasteiger partial charge in [-0.3, -0.25) is 4.79 Å². The van der Waals surface area contributed by atoms with E-state index in [1.54, 1.807) is 11.3 Å². The minimum atomic E-state index is 0. The molecule has 0 radical (unpaired) electrons. The molecule has 4 nitrogen and oxygen atoms in total. The molecule has 0 aliphatic carbocycles. The first-order valence-corrected chi connectivity index (χ1v) is 6.35. The van der Waals surface area contributed by atoms with Crippen LogP contribution in [0.2, 0.25) is 0 Å². The molecule has 2 rings (SSSR count). The Balaban J connectivity index is 0.00000144. The predicted octanol–water partition coefficient (Wildman–Crippen LogP) is 1.09. The van der Waals surface area contributed by atoms with Crippen molar-refractivity contribution in [3.8, 4) is 0 Å². The van der Waals surface area contributed by atoms with Crippen molar-refractivity contribution >= 4 is 29.7 Å². The van der Waals surface area contributed by atoms with Crippen LogP contribution in [0, 0.1) is 12.8 Å². The molecule has 2 heterocycles. The van der Waals surface area contributed by atoms with Gasteiger partial charge >= 0.3 is 0 Å². The molecule has 1 aromatic rings. The maximum atomic E-state index is 11.8. The Kier molecular flexibility index (Phi) is 5.36. The van der Waals surface area contributed by atoms with Gasteiger partial charge in [-0.25, -0.2) is 4.98 Å². The molecular weight excluding hydrogens is 258 g/mol. The van der Waals surface area contributed by atoms with E-state index < -0.39 is 0 Å². The number of rotatable bonds is 4. The minimum Gasteiger partial charge on any atom is -0.345 e. The van der Waals surface area contributed by atoms with Crippen LogP contribution < -0.4 is 5.32 Å². The molecule has 0 atom stereocenters. The molecule has 1 N–H and O–H groups in total. The monoisotopic (exact) mass is 275 g/mol. The van der Waals surface area contributed by atoms with Crippen LogP contribution in [0.4, 0.5) is 0 Å². The summed E-state index contributed by atoms with van der Waals surface area (Å²) < 4.78 is 0. The standard InChI is InChI=1S/C11H17N3OS.ClH/c1-8-5-13-10(16-8)3-4-14(2)11(15)9-6-12-7-9;/h5,9,12H,3-4,6-7H2,1-2H3;1H. The van der Waals surface area contributed by atoms with Crippen LogP contribution in [-0.4, -0.2) is 42.5 Å². The number of nitrogens with one attached hydrogen (secondary N) is 1. The molecule has 0 aromatic carbocycles. The molecule has 1 fully saturated rings. The SMILES string of the molecule is Cc1cnc(CCN(C)C(=O)C2CNC2)s1.Cl. The Bertz CT molecular complexity index is 379. The molecule has 17 heavy (non-hydrogen) atoms. The number of aromatic nitrogens is 1. The maximum Gasteiger partial charge on any atom is 0.228 e. The highest BCUT2D eigenvalue weighted by Gasteiger charge is 2.27. The van der Waals surface area contributed by atoms with Gasteiger partial charge in [0.2, 0.25) is 5.91 Å². The molecule has 0 saturated carbocycles. The number of likely N-dealkylation sites (N-methyl/N-ethyl adjacent to an activating group) is 1. The van der Waals surface area contributed by atoms with Crippen LogP contribution in [0.1, 0.15) is 9.88 Å². The quantitative estimate of drug-likeness (QED) is 0.895. The fourth-order valence-corrected chi connectivity index (χ4v) is 2.44. The number of amides is 1. The number of carbonyl (C=O) groups is 1. The summed E-state index contributed by atoms with van der Waals surface area (Å²) in [5.41, 5.74) is 0. The highest BCUT2D eigenvalue weighted by Crippen LogP contribution is 2.13. The third kappa shape index (κ3) is 3.66. The Morgan fingerprint density at radius 1 is 1.65 bits per heavy atom. The van der Waals surface area contributed by atoms with Gasteiger partial charge in [0.05, 0.1) is 10.9 Å². The fraction of sp³-hybridized carbons (Fsp3) is 0.636. The summed E-state index contributed by atoms with van der Waals surface area (Å²) in [6.07, 6.45) is 2.75. The Labute approximate surface area is 112 Å². The van der Waals surface area contributed by atoms with Crippen molar-refractivity contribution in [1.29, 1.82) is 0 Å². The molecule has 6 heteroatoms. The van der Waals surface area contributed by atoms with Gasteiger partial charge in [-0.15, -0.1) is 23.7 Å². The van der Waals surface area contributed by atoms with Crippen molar-refractivity contribution in [2.24, 2.45) is 5.92 Å². The maximum absolute atomic E-state index is 11.8. The average molecular weight is 276 g/mol. The summed E-state index contributed by atoms with van der Waals surface area (Å²) in [6, 6.07) is 0. The Morgan fingerprint density at radius 2 is 2.35 bits per heavy atom. The molecule has 1 saturated heterocycles. The van der Waals surface area contributed by atoms with Crippen molar-refractivity contribution in [1.82, 2.24) is 15.2 Å². The second kappa shape index (κ2) is 6.33. The normalized spacial score (nSPS) is 14.9. The van der Waals surface area contributed by atoms with E-state index in [9.17, 15) is 4.79 Å². The van der Waals surface area contributed by atoms with Crippen molar-refractivity contribution < 1.29 is 4.79 Å². The van der Waals surface area contributed by atoms with Gasteiger partial charge in [0.25, 0.3) is 0 Å². The number of carbonyl (C=O) groups excluding carboxylic acids is 1. The zero-order chi connectivity index (χ0) is 11.5.